The highest BCUT2D eigenvalue weighted by Crippen LogP contribution is 2.21. The standard InChI is InChI=1S/C11H20F3NO/c1-9(8-11(12,13)14)15-6-5-10-4-2-3-7-16-10/h9-10,15H,2-8H2,1H3. The minimum absolute atomic E-state index is 0.235. The van der Waals surface area contributed by atoms with Crippen LogP contribution in [0.2, 0.25) is 0 Å². The largest absolute Gasteiger partial charge is 0.390 e. The predicted octanol–water partition coefficient (Wildman–Crippen LogP) is 2.88. The summed E-state index contributed by atoms with van der Waals surface area (Å²) in [4.78, 5) is 0. The number of ether oxygens (including phenoxy) is 1. The van der Waals surface area contributed by atoms with Gasteiger partial charge in [0.15, 0.2) is 0 Å². The number of rotatable bonds is 5. The van der Waals surface area contributed by atoms with Crippen LogP contribution in [0.25, 0.3) is 0 Å². The van der Waals surface area contributed by atoms with E-state index in [1.54, 1.807) is 6.92 Å². The number of nitrogens with one attached hydrogen (secondary N) is 1. The van der Waals surface area contributed by atoms with Crippen molar-refractivity contribution in [1.29, 1.82) is 0 Å². The highest BCUT2D eigenvalue weighted by atomic mass is 19.4. The molecule has 0 aromatic carbocycles. The van der Waals surface area contributed by atoms with E-state index in [1.807, 2.05) is 0 Å². The average Bonchev–Trinajstić information content (AvgIpc) is 2.16. The third-order valence-corrected chi connectivity index (χ3v) is 2.77. The van der Waals surface area contributed by atoms with E-state index in [0.717, 1.165) is 25.9 Å². The fourth-order valence-corrected chi connectivity index (χ4v) is 1.95. The molecule has 0 radical (unpaired) electrons. The Morgan fingerprint density at radius 1 is 1.38 bits per heavy atom. The molecule has 1 N–H and O–H groups in total. The number of hydrogen-bond acceptors (Lipinski definition) is 2. The molecule has 0 aromatic heterocycles. The van der Waals surface area contributed by atoms with Gasteiger partial charge in [0.1, 0.15) is 0 Å². The van der Waals surface area contributed by atoms with Crippen LogP contribution in [0.15, 0.2) is 0 Å². The lowest BCUT2D eigenvalue weighted by Crippen LogP contribution is -2.34. The number of halogens is 3. The lowest BCUT2D eigenvalue weighted by Gasteiger charge is -2.23. The van der Waals surface area contributed by atoms with Crippen molar-refractivity contribution in [3.8, 4) is 0 Å². The maximum atomic E-state index is 12.0. The zero-order chi connectivity index (χ0) is 12.0. The van der Waals surface area contributed by atoms with Crippen LogP contribution in [0.5, 0.6) is 0 Å². The monoisotopic (exact) mass is 239 g/mol. The van der Waals surface area contributed by atoms with Gasteiger partial charge in [0.25, 0.3) is 0 Å². The van der Waals surface area contributed by atoms with Crippen molar-refractivity contribution in [3.05, 3.63) is 0 Å². The Balaban J connectivity index is 2.05. The van der Waals surface area contributed by atoms with E-state index in [-0.39, 0.29) is 6.10 Å². The second-order valence-electron chi connectivity index (χ2n) is 4.45. The first-order valence-electron chi connectivity index (χ1n) is 5.89. The second-order valence-corrected chi connectivity index (χ2v) is 4.45. The molecule has 0 spiro atoms. The van der Waals surface area contributed by atoms with Gasteiger partial charge in [-0.3, -0.25) is 0 Å². The Hall–Kier alpha value is -0.290. The molecule has 5 heteroatoms. The lowest BCUT2D eigenvalue weighted by molar-refractivity contribution is -0.139. The van der Waals surface area contributed by atoms with Crippen molar-refractivity contribution >= 4 is 0 Å². The molecule has 96 valence electrons. The van der Waals surface area contributed by atoms with E-state index in [1.165, 1.54) is 6.42 Å². The Morgan fingerprint density at radius 2 is 2.12 bits per heavy atom. The van der Waals surface area contributed by atoms with Crippen molar-refractivity contribution in [2.24, 2.45) is 0 Å². The van der Waals surface area contributed by atoms with Gasteiger partial charge < -0.3 is 10.1 Å². The molecule has 2 unspecified atom stereocenters. The van der Waals surface area contributed by atoms with E-state index in [0.29, 0.717) is 6.54 Å². The van der Waals surface area contributed by atoms with Crippen LogP contribution < -0.4 is 5.32 Å². The Kier molecular flexibility index (Phi) is 5.55. The number of alkyl halides is 3. The molecule has 0 amide bonds. The number of hydrogen-bond donors (Lipinski definition) is 1. The van der Waals surface area contributed by atoms with Gasteiger partial charge in [0, 0.05) is 12.6 Å². The first-order chi connectivity index (χ1) is 7.47. The lowest BCUT2D eigenvalue weighted by atomic mass is 10.1. The highest BCUT2D eigenvalue weighted by Gasteiger charge is 2.29. The van der Waals surface area contributed by atoms with Gasteiger partial charge in [-0.2, -0.15) is 13.2 Å². The Labute approximate surface area is 94.5 Å². The first kappa shape index (κ1) is 13.8. The molecule has 0 aromatic rings. The van der Waals surface area contributed by atoms with Crippen LogP contribution in [0.3, 0.4) is 0 Å². The van der Waals surface area contributed by atoms with Gasteiger partial charge in [0.2, 0.25) is 0 Å². The summed E-state index contributed by atoms with van der Waals surface area (Å²) in [6.45, 7) is 2.96. The summed E-state index contributed by atoms with van der Waals surface area (Å²) in [5.74, 6) is 0. The van der Waals surface area contributed by atoms with Crippen molar-refractivity contribution in [2.75, 3.05) is 13.2 Å². The van der Waals surface area contributed by atoms with Crippen LogP contribution in [0.1, 0.15) is 39.0 Å². The Morgan fingerprint density at radius 3 is 2.69 bits per heavy atom. The third kappa shape index (κ3) is 6.33. The summed E-state index contributed by atoms with van der Waals surface area (Å²) in [6.07, 6.45) is -0.486. The fraction of sp³-hybridized carbons (Fsp3) is 1.00. The van der Waals surface area contributed by atoms with Gasteiger partial charge in [-0.1, -0.05) is 0 Å². The molecule has 1 aliphatic rings. The molecule has 0 aliphatic carbocycles. The zero-order valence-corrected chi connectivity index (χ0v) is 9.65. The van der Waals surface area contributed by atoms with E-state index in [4.69, 9.17) is 4.74 Å². The molecule has 2 atom stereocenters. The molecule has 1 aliphatic heterocycles. The quantitative estimate of drug-likeness (QED) is 0.796. The van der Waals surface area contributed by atoms with E-state index in [2.05, 4.69) is 5.32 Å². The normalized spacial score (nSPS) is 24.4. The summed E-state index contributed by atoms with van der Waals surface area (Å²) in [6, 6.07) is -0.511. The van der Waals surface area contributed by atoms with E-state index in [9.17, 15) is 13.2 Å². The van der Waals surface area contributed by atoms with Crippen molar-refractivity contribution < 1.29 is 17.9 Å². The fourth-order valence-electron chi connectivity index (χ4n) is 1.95. The maximum absolute atomic E-state index is 12.0. The van der Waals surface area contributed by atoms with Gasteiger partial charge in [0.05, 0.1) is 12.5 Å². The van der Waals surface area contributed by atoms with E-state index < -0.39 is 18.6 Å². The van der Waals surface area contributed by atoms with Crippen LogP contribution in [0, 0.1) is 0 Å². The maximum Gasteiger partial charge on any atom is 0.390 e. The summed E-state index contributed by atoms with van der Waals surface area (Å²) < 4.78 is 41.6. The minimum Gasteiger partial charge on any atom is -0.378 e. The van der Waals surface area contributed by atoms with Crippen molar-refractivity contribution in [3.63, 3.8) is 0 Å². The Bertz CT molecular complexity index is 190. The van der Waals surface area contributed by atoms with Crippen LogP contribution in [0.4, 0.5) is 13.2 Å². The molecule has 2 nitrogen and oxygen atoms in total. The first-order valence-corrected chi connectivity index (χ1v) is 5.89. The summed E-state index contributed by atoms with van der Waals surface area (Å²) in [7, 11) is 0. The smallest absolute Gasteiger partial charge is 0.378 e. The predicted molar refractivity (Wildman–Crippen MR) is 56.3 cm³/mol. The molecule has 0 saturated carbocycles. The summed E-state index contributed by atoms with van der Waals surface area (Å²) in [5.41, 5.74) is 0. The molecule has 1 rings (SSSR count). The molecular formula is C11H20F3NO. The van der Waals surface area contributed by atoms with Crippen molar-refractivity contribution in [2.45, 2.75) is 57.3 Å². The van der Waals surface area contributed by atoms with Gasteiger partial charge in [-0.05, 0) is 39.2 Å². The van der Waals surface area contributed by atoms with Crippen LogP contribution >= 0.6 is 0 Å². The molecule has 1 fully saturated rings. The molecular weight excluding hydrogens is 219 g/mol. The van der Waals surface area contributed by atoms with Crippen molar-refractivity contribution in [1.82, 2.24) is 5.32 Å². The average molecular weight is 239 g/mol. The van der Waals surface area contributed by atoms with Crippen LogP contribution in [-0.4, -0.2) is 31.5 Å². The molecule has 1 saturated heterocycles. The zero-order valence-electron chi connectivity index (χ0n) is 9.65. The summed E-state index contributed by atoms with van der Waals surface area (Å²) >= 11 is 0. The van der Waals surface area contributed by atoms with E-state index >= 15 is 0 Å². The molecule has 0 bridgehead atoms. The summed E-state index contributed by atoms with van der Waals surface area (Å²) in [5, 5.41) is 2.89. The molecule has 16 heavy (non-hydrogen) atoms. The van der Waals surface area contributed by atoms with Gasteiger partial charge in [-0.25, -0.2) is 0 Å². The third-order valence-electron chi connectivity index (χ3n) is 2.77. The minimum atomic E-state index is -4.08. The SMILES string of the molecule is CC(CC(F)(F)F)NCCC1CCCCO1. The van der Waals surface area contributed by atoms with Crippen LogP contribution in [-0.2, 0) is 4.74 Å². The van der Waals surface area contributed by atoms with Gasteiger partial charge >= 0.3 is 6.18 Å². The topological polar surface area (TPSA) is 21.3 Å². The second kappa shape index (κ2) is 6.45. The molecule has 1 heterocycles. The van der Waals surface area contributed by atoms with Gasteiger partial charge in [-0.15, -0.1) is 0 Å². The highest BCUT2D eigenvalue weighted by molar-refractivity contribution is 4.69.